The highest BCUT2D eigenvalue weighted by Crippen LogP contribution is 2.29. The predicted octanol–water partition coefficient (Wildman–Crippen LogP) is 17.5. The molecular formula is C67H86Cl2F2N8O5. The quantitative estimate of drug-likeness (QED) is 0.0836. The molecule has 0 bridgehead atoms. The summed E-state index contributed by atoms with van der Waals surface area (Å²) in [4.78, 5) is 70.3. The Kier molecular flexibility index (Phi) is 26.6. The van der Waals surface area contributed by atoms with Crippen molar-refractivity contribution in [1.82, 2.24) is 39.9 Å². The van der Waals surface area contributed by atoms with E-state index in [1.54, 1.807) is 38.5 Å². The number of ketones is 3. The third-order valence-corrected chi connectivity index (χ3v) is 11.8. The summed E-state index contributed by atoms with van der Waals surface area (Å²) in [5.74, 6) is 6.25. The van der Waals surface area contributed by atoms with Crippen LogP contribution in [0.3, 0.4) is 0 Å². The molecular weight excluding hydrogens is 1110 g/mol. The van der Waals surface area contributed by atoms with Gasteiger partial charge in [0, 0.05) is 55.6 Å². The maximum absolute atomic E-state index is 12.1. The van der Waals surface area contributed by atoms with Crippen molar-refractivity contribution >= 4 is 62.5 Å². The van der Waals surface area contributed by atoms with Crippen molar-refractivity contribution in [2.24, 2.45) is 27.1 Å². The maximum Gasteiger partial charge on any atom is 0.387 e. The summed E-state index contributed by atoms with van der Waals surface area (Å²) in [6, 6.07) is 10.8. The molecule has 7 rings (SSSR count). The average molecular weight is 1190 g/mol. The van der Waals surface area contributed by atoms with Gasteiger partial charge in [0.25, 0.3) is 0 Å². The number of alkyl halides is 2. The lowest BCUT2D eigenvalue weighted by Gasteiger charge is -2.18. The van der Waals surface area contributed by atoms with Gasteiger partial charge >= 0.3 is 6.61 Å². The minimum atomic E-state index is -2.89. The number of hydrogen-bond acceptors (Lipinski definition) is 13. The molecule has 0 saturated carbocycles. The average Bonchev–Trinajstić information content (AvgIpc) is 3.46. The summed E-state index contributed by atoms with van der Waals surface area (Å²) in [6.07, 6.45) is 14.5. The molecule has 17 heteroatoms. The standard InChI is InChI=1S/C16H21NO2.C13H15ClN2.C13H17F2NO2.C13H17N3.C12H16ClNO/c1-6-7-8-19-13-9-12(2)15(17-11-13)14(18)10-16(3,4)5;1-13(2,3)7-11-12-9(4-5-15-11)6-10(14)8-16-12;1-8-5-9(18-12(14)15)7-16-11(8)10(17)6-13(2,3)4;1-9-8-15-12-10(16-9)5-6-14-11(12)7-13(2,3)4;1-8-5-9(13)7-14-11(8)10(15)6-12(2,3)4/h9,11H,8,10H2,1-5H3;4-6,8H,7H2,1-3H3;5,7,12H,6H2,1-4H3;5-6,8H,7H2,1-4H3;5,7H,6H2,1-4H3. The van der Waals surface area contributed by atoms with E-state index in [0.717, 1.165) is 69.2 Å². The Morgan fingerprint density at radius 3 is 1.39 bits per heavy atom. The molecule has 0 aliphatic carbocycles. The van der Waals surface area contributed by atoms with Crippen LogP contribution in [0.1, 0.15) is 195 Å². The number of ether oxygens (including phenoxy) is 2. The second-order valence-corrected chi connectivity index (χ2v) is 27.5. The topological polar surface area (TPSA) is 173 Å². The molecule has 0 N–H and O–H groups in total. The van der Waals surface area contributed by atoms with E-state index in [0.29, 0.717) is 64.3 Å². The fraction of sp³-hybridized carbons (Fsp3) is 0.478. The number of halogens is 4. The molecule has 0 aliphatic rings. The molecule has 0 amide bonds. The van der Waals surface area contributed by atoms with Crippen LogP contribution in [-0.2, 0) is 12.8 Å². The van der Waals surface area contributed by atoms with Gasteiger partial charge in [0.15, 0.2) is 17.3 Å². The molecule has 84 heavy (non-hydrogen) atoms. The molecule has 0 spiro atoms. The van der Waals surface area contributed by atoms with Gasteiger partial charge in [-0.25, -0.2) is 15.0 Å². The number of rotatable bonds is 12. The Morgan fingerprint density at radius 2 is 0.940 bits per heavy atom. The van der Waals surface area contributed by atoms with E-state index in [9.17, 15) is 23.2 Å². The molecule has 13 nitrogen and oxygen atoms in total. The van der Waals surface area contributed by atoms with E-state index in [1.807, 2.05) is 120 Å². The molecule has 7 heterocycles. The van der Waals surface area contributed by atoms with Gasteiger partial charge in [0.05, 0.1) is 50.6 Å². The van der Waals surface area contributed by atoms with E-state index < -0.39 is 6.61 Å². The Bertz CT molecular complexity index is 3320. The minimum absolute atomic E-state index is 0.00909. The number of Topliss-reactive ketones (excluding diaryl/α,β-unsaturated/α-hetero) is 3. The zero-order valence-electron chi connectivity index (χ0n) is 53.0. The zero-order valence-corrected chi connectivity index (χ0v) is 54.5. The number of aryl methyl sites for hydroxylation is 4. The molecule has 452 valence electrons. The van der Waals surface area contributed by atoms with Crippen molar-refractivity contribution in [2.75, 3.05) is 6.61 Å². The largest absolute Gasteiger partial charge is 0.479 e. The summed E-state index contributed by atoms with van der Waals surface area (Å²) in [6.45, 7) is 37.9. The minimum Gasteiger partial charge on any atom is -0.479 e. The third-order valence-electron chi connectivity index (χ3n) is 11.4. The number of fused-ring (bicyclic) bond motifs is 2. The third kappa shape index (κ3) is 26.8. The number of carbonyl (C=O) groups excluding carboxylic acids is 3. The van der Waals surface area contributed by atoms with Crippen molar-refractivity contribution in [3.05, 3.63) is 141 Å². The SMILES string of the molecule is CC#CCOc1cnc(C(=O)CC(C)(C)C)c(C)c1.CC(C)(C)Cc1nccc2cc(Cl)cnc12.Cc1cc(Cl)cnc1C(=O)CC(C)(C)C.Cc1cc(OC(F)F)cnc1C(=O)CC(C)(C)C.Cc1cnc2c(CC(C)(C)C)nccc2n1. The Balaban J connectivity index is 0.000000276. The number of pyridine rings is 6. The molecule has 0 atom stereocenters. The first-order valence-corrected chi connectivity index (χ1v) is 28.6. The van der Waals surface area contributed by atoms with E-state index in [1.165, 1.54) is 12.3 Å². The second-order valence-electron chi connectivity index (χ2n) is 26.7. The first-order chi connectivity index (χ1) is 38.7. The fourth-order valence-electron chi connectivity index (χ4n) is 8.10. The Labute approximate surface area is 507 Å². The number of aromatic nitrogens is 8. The van der Waals surface area contributed by atoms with Crippen LogP contribution in [0.4, 0.5) is 8.78 Å². The normalized spacial score (nSPS) is 11.5. The fourth-order valence-corrected chi connectivity index (χ4v) is 8.48. The van der Waals surface area contributed by atoms with Gasteiger partial charge in [0.1, 0.15) is 40.7 Å². The molecule has 7 aromatic heterocycles. The molecule has 0 fully saturated rings. The van der Waals surface area contributed by atoms with E-state index in [-0.39, 0.29) is 50.2 Å². The zero-order chi connectivity index (χ0) is 63.5. The van der Waals surface area contributed by atoms with Crippen LogP contribution in [-0.4, -0.2) is 70.4 Å². The highest BCUT2D eigenvalue weighted by Gasteiger charge is 2.23. The molecule has 0 saturated heterocycles. The van der Waals surface area contributed by atoms with Crippen molar-refractivity contribution in [2.45, 2.75) is 177 Å². The predicted molar refractivity (Wildman–Crippen MR) is 336 cm³/mol. The first kappa shape index (κ1) is 71.4. The van der Waals surface area contributed by atoms with Gasteiger partial charge in [-0.15, -0.1) is 5.92 Å². The van der Waals surface area contributed by atoms with Crippen LogP contribution in [0.5, 0.6) is 11.5 Å². The van der Waals surface area contributed by atoms with Crippen LogP contribution in [0.25, 0.3) is 21.9 Å². The summed E-state index contributed by atoms with van der Waals surface area (Å²) < 4.78 is 33.7. The monoisotopic (exact) mass is 1190 g/mol. The van der Waals surface area contributed by atoms with Crippen LogP contribution in [0.2, 0.25) is 10.0 Å². The lowest BCUT2D eigenvalue weighted by molar-refractivity contribution is -0.0501. The van der Waals surface area contributed by atoms with Crippen molar-refractivity contribution in [3.8, 4) is 23.3 Å². The summed E-state index contributed by atoms with van der Waals surface area (Å²) in [7, 11) is 0. The highest BCUT2D eigenvalue weighted by atomic mass is 35.5. The molecule has 0 unspecified atom stereocenters. The first-order valence-electron chi connectivity index (χ1n) is 27.8. The van der Waals surface area contributed by atoms with Crippen molar-refractivity contribution in [1.29, 1.82) is 0 Å². The van der Waals surface area contributed by atoms with Gasteiger partial charge in [-0.3, -0.25) is 39.3 Å². The van der Waals surface area contributed by atoms with Gasteiger partial charge in [-0.05, 0) is 128 Å². The van der Waals surface area contributed by atoms with Crippen LogP contribution >= 0.6 is 23.2 Å². The van der Waals surface area contributed by atoms with Gasteiger partial charge in [0.2, 0.25) is 0 Å². The number of carbonyl (C=O) groups is 3. The van der Waals surface area contributed by atoms with E-state index in [2.05, 4.69) is 98.0 Å². The summed E-state index contributed by atoms with van der Waals surface area (Å²) in [5, 5.41) is 2.29. The second kappa shape index (κ2) is 31.3. The molecule has 0 radical (unpaired) electrons. The lowest BCUT2D eigenvalue weighted by Crippen LogP contribution is -2.15. The molecule has 7 aromatic rings. The van der Waals surface area contributed by atoms with Gasteiger partial charge in [-0.2, -0.15) is 8.78 Å². The van der Waals surface area contributed by atoms with Gasteiger partial charge in [-0.1, -0.05) is 133 Å². The van der Waals surface area contributed by atoms with Gasteiger partial charge < -0.3 is 9.47 Å². The van der Waals surface area contributed by atoms with Crippen molar-refractivity contribution < 1.29 is 32.6 Å². The van der Waals surface area contributed by atoms with Crippen molar-refractivity contribution in [3.63, 3.8) is 0 Å². The van der Waals surface area contributed by atoms with E-state index in [4.69, 9.17) is 27.9 Å². The molecule has 0 aliphatic heterocycles. The smallest absolute Gasteiger partial charge is 0.387 e. The lowest BCUT2D eigenvalue weighted by atomic mass is 9.88. The van der Waals surface area contributed by atoms with Crippen LogP contribution in [0, 0.1) is 66.6 Å². The van der Waals surface area contributed by atoms with Crippen LogP contribution < -0.4 is 9.47 Å². The number of hydrogen-bond donors (Lipinski definition) is 0. The van der Waals surface area contributed by atoms with E-state index >= 15 is 0 Å². The summed E-state index contributed by atoms with van der Waals surface area (Å²) >= 11 is 11.7. The Hall–Kier alpha value is -6.89. The highest BCUT2D eigenvalue weighted by molar-refractivity contribution is 6.31. The maximum atomic E-state index is 12.1. The molecule has 0 aromatic carbocycles. The Morgan fingerprint density at radius 1 is 0.524 bits per heavy atom. The summed E-state index contributed by atoms with van der Waals surface area (Å²) in [5.41, 5.74) is 9.72. The van der Waals surface area contributed by atoms with Crippen LogP contribution in [0.15, 0.2) is 79.8 Å². The number of nitrogens with zero attached hydrogens (tertiary/aromatic N) is 8.